The molecule has 0 aromatic rings. The summed E-state index contributed by atoms with van der Waals surface area (Å²) < 4.78 is 0. The number of aliphatic hydroxyl groups excluding tert-OH is 1. The fourth-order valence-corrected chi connectivity index (χ4v) is 2.19. The molecule has 1 aliphatic rings. The van der Waals surface area contributed by atoms with Crippen molar-refractivity contribution in [3.8, 4) is 0 Å². The maximum absolute atomic E-state index is 9.20. The lowest BCUT2D eigenvalue weighted by Crippen LogP contribution is -2.46. The van der Waals surface area contributed by atoms with E-state index in [1.165, 1.54) is 0 Å². The molecule has 2 nitrogen and oxygen atoms in total. The van der Waals surface area contributed by atoms with E-state index >= 15 is 0 Å². The molecule has 1 unspecified atom stereocenters. The second-order valence-corrected chi connectivity index (χ2v) is 4.68. The maximum Gasteiger partial charge on any atom is 0.0465 e. The molecule has 1 aliphatic heterocycles. The van der Waals surface area contributed by atoms with Crippen molar-refractivity contribution in [3.05, 3.63) is 12.7 Å². The van der Waals surface area contributed by atoms with Crippen molar-refractivity contribution < 1.29 is 5.11 Å². The Bertz CT molecular complexity index is 177. The maximum atomic E-state index is 9.20. The lowest BCUT2D eigenvalue weighted by Gasteiger charge is -2.43. The molecule has 0 radical (unpaired) electrons. The fourth-order valence-electron chi connectivity index (χ4n) is 2.19. The van der Waals surface area contributed by atoms with E-state index in [0.717, 1.165) is 26.1 Å². The minimum atomic E-state index is 0.246. The molecule has 0 saturated carbocycles. The van der Waals surface area contributed by atoms with E-state index < -0.39 is 0 Å². The minimum Gasteiger partial charge on any atom is -0.396 e. The molecule has 0 amide bonds. The summed E-state index contributed by atoms with van der Waals surface area (Å²) in [6, 6.07) is 0. The Kier molecular flexibility index (Phi) is 3.51. The Morgan fingerprint density at radius 1 is 1.62 bits per heavy atom. The average molecular weight is 183 g/mol. The Hall–Kier alpha value is -0.340. The number of hydrogen-bond acceptors (Lipinski definition) is 2. The quantitative estimate of drug-likeness (QED) is 0.670. The van der Waals surface area contributed by atoms with Crippen LogP contribution in [0.3, 0.4) is 0 Å². The molecule has 1 rings (SSSR count). The van der Waals surface area contributed by atoms with Crippen molar-refractivity contribution >= 4 is 0 Å². The molecular weight excluding hydrogens is 162 g/mol. The van der Waals surface area contributed by atoms with Gasteiger partial charge in [0.15, 0.2) is 0 Å². The number of aliphatic hydroxyl groups is 1. The number of piperidine rings is 1. The first-order valence-corrected chi connectivity index (χ1v) is 5.04. The third-order valence-electron chi connectivity index (χ3n) is 3.14. The van der Waals surface area contributed by atoms with Gasteiger partial charge in [-0.2, -0.15) is 0 Å². The van der Waals surface area contributed by atoms with E-state index in [-0.39, 0.29) is 5.41 Å². The zero-order valence-electron chi connectivity index (χ0n) is 8.79. The molecule has 2 heteroatoms. The highest BCUT2D eigenvalue weighted by Gasteiger charge is 2.34. The Labute approximate surface area is 81.2 Å². The van der Waals surface area contributed by atoms with Crippen LogP contribution in [0.2, 0.25) is 0 Å². The van der Waals surface area contributed by atoms with Crippen molar-refractivity contribution in [1.29, 1.82) is 0 Å². The van der Waals surface area contributed by atoms with Crippen LogP contribution in [0.1, 0.15) is 20.3 Å². The van der Waals surface area contributed by atoms with Crippen LogP contribution in [0.4, 0.5) is 0 Å². The SMILES string of the molecule is C=CCN1CCC(CO)C(C)(C)C1. The van der Waals surface area contributed by atoms with Gasteiger partial charge in [-0.3, -0.25) is 4.90 Å². The predicted octanol–water partition coefficient (Wildman–Crippen LogP) is 1.51. The third kappa shape index (κ3) is 2.55. The standard InChI is InChI=1S/C11H21NO/c1-4-6-12-7-5-10(8-13)11(2,3)9-12/h4,10,13H,1,5-9H2,2-3H3. The van der Waals surface area contributed by atoms with Gasteiger partial charge in [0.25, 0.3) is 0 Å². The van der Waals surface area contributed by atoms with Crippen LogP contribution in [0.15, 0.2) is 12.7 Å². The van der Waals surface area contributed by atoms with Crippen LogP contribution in [0.25, 0.3) is 0 Å². The molecule has 1 saturated heterocycles. The number of nitrogens with zero attached hydrogens (tertiary/aromatic N) is 1. The highest BCUT2D eigenvalue weighted by atomic mass is 16.3. The van der Waals surface area contributed by atoms with Crippen LogP contribution in [-0.2, 0) is 0 Å². The van der Waals surface area contributed by atoms with Gasteiger partial charge in [0, 0.05) is 19.7 Å². The summed E-state index contributed by atoms with van der Waals surface area (Å²) >= 11 is 0. The van der Waals surface area contributed by atoms with Gasteiger partial charge < -0.3 is 5.11 Å². The van der Waals surface area contributed by atoms with Gasteiger partial charge >= 0.3 is 0 Å². The summed E-state index contributed by atoms with van der Waals surface area (Å²) in [6.07, 6.45) is 3.06. The molecule has 0 spiro atoms. The van der Waals surface area contributed by atoms with Crippen molar-refractivity contribution in [3.63, 3.8) is 0 Å². The van der Waals surface area contributed by atoms with Crippen LogP contribution in [-0.4, -0.2) is 36.2 Å². The van der Waals surface area contributed by atoms with Crippen molar-refractivity contribution in [2.75, 3.05) is 26.2 Å². The first kappa shape index (κ1) is 10.7. The Morgan fingerprint density at radius 3 is 2.77 bits per heavy atom. The van der Waals surface area contributed by atoms with Crippen molar-refractivity contribution in [1.82, 2.24) is 4.90 Å². The summed E-state index contributed by atoms with van der Waals surface area (Å²) in [6.45, 7) is 11.7. The van der Waals surface area contributed by atoms with Gasteiger partial charge in [-0.05, 0) is 24.3 Å². The van der Waals surface area contributed by atoms with E-state index in [2.05, 4.69) is 25.3 Å². The van der Waals surface area contributed by atoms with Gasteiger partial charge in [-0.25, -0.2) is 0 Å². The molecule has 0 aromatic carbocycles. The highest BCUT2D eigenvalue weighted by Crippen LogP contribution is 2.34. The number of rotatable bonds is 3. The van der Waals surface area contributed by atoms with Crippen molar-refractivity contribution in [2.24, 2.45) is 11.3 Å². The molecule has 0 bridgehead atoms. The topological polar surface area (TPSA) is 23.5 Å². The first-order valence-electron chi connectivity index (χ1n) is 5.04. The van der Waals surface area contributed by atoms with Crippen molar-refractivity contribution in [2.45, 2.75) is 20.3 Å². The van der Waals surface area contributed by atoms with Crippen LogP contribution in [0.5, 0.6) is 0 Å². The first-order chi connectivity index (χ1) is 6.10. The van der Waals surface area contributed by atoms with Crippen LogP contribution < -0.4 is 0 Å². The molecule has 1 atom stereocenters. The smallest absolute Gasteiger partial charge is 0.0465 e. The lowest BCUT2D eigenvalue weighted by molar-refractivity contribution is 0.0265. The second-order valence-electron chi connectivity index (χ2n) is 4.68. The third-order valence-corrected chi connectivity index (χ3v) is 3.14. The van der Waals surface area contributed by atoms with Gasteiger partial charge in [-0.15, -0.1) is 6.58 Å². The normalized spacial score (nSPS) is 28.7. The second kappa shape index (κ2) is 4.25. The number of hydrogen-bond donors (Lipinski definition) is 1. The van der Waals surface area contributed by atoms with E-state index in [4.69, 9.17) is 0 Å². The molecule has 1 heterocycles. The zero-order chi connectivity index (χ0) is 9.90. The summed E-state index contributed by atoms with van der Waals surface area (Å²) in [5.74, 6) is 0.466. The van der Waals surface area contributed by atoms with E-state index in [1.54, 1.807) is 0 Å². The van der Waals surface area contributed by atoms with E-state index in [1.807, 2.05) is 6.08 Å². The van der Waals surface area contributed by atoms with Gasteiger partial charge in [-0.1, -0.05) is 19.9 Å². The fraction of sp³-hybridized carbons (Fsp3) is 0.818. The Morgan fingerprint density at radius 2 is 2.31 bits per heavy atom. The largest absolute Gasteiger partial charge is 0.396 e. The van der Waals surface area contributed by atoms with Gasteiger partial charge in [0.1, 0.15) is 0 Å². The number of likely N-dealkylation sites (tertiary alicyclic amines) is 1. The highest BCUT2D eigenvalue weighted by molar-refractivity contribution is 4.88. The predicted molar refractivity (Wildman–Crippen MR) is 55.6 cm³/mol. The summed E-state index contributed by atoms with van der Waals surface area (Å²) in [5.41, 5.74) is 0.246. The molecule has 0 aliphatic carbocycles. The minimum absolute atomic E-state index is 0.246. The van der Waals surface area contributed by atoms with Gasteiger partial charge in [0.05, 0.1) is 0 Å². The van der Waals surface area contributed by atoms with E-state index in [9.17, 15) is 5.11 Å². The average Bonchev–Trinajstić information content (AvgIpc) is 2.03. The molecule has 1 fully saturated rings. The van der Waals surface area contributed by atoms with Crippen LogP contribution >= 0.6 is 0 Å². The Balaban J connectivity index is 2.53. The summed E-state index contributed by atoms with van der Waals surface area (Å²) in [4.78, 5) is 2.40. The summed E-state index contributed by atoms with van der Waals surface area (Å²) in [7, 11) is 0. The van der Waals surface area contributed by atoms with Gasteiger partial charge in [0.2, 0.25) is 0 Å². The molecule has 76 valence electrons. The monoisotopic (exact) mass is 183 g/mol. The molecular formula is C11H21NO. The lowest BCUT2D eigenvalue weighted by atomic mass is 9.74. The molecule has 1 N–H and O–H groups in total. The summed E-state index contributed by atoms with van der Waals surface area (Å²) in [5, 5.41) is 9.20. The zero-order valence-corrected chi connectivity index (χ0v) is 8.79. The van der Waals surface area contributed by atoms with Crippen LogP contribution in [0, 0.1) is 11.3 Å². The molecule has 0 aromatic heterocycles. The molecule has 13 heavy (non-hydrogen) atoms. The van der Waals surface area contributed by atoms with E-state index in [0.29, 0.717) is 12.5 Å².